The minimum atomic E-state index is -0.967. The molecule has 2 aromatic carbocycles. The molecule has 3 N–H and O–H groups in total. The summed E-state index contributed by atoms with van der Waals surface area (Å²) in [4.78, 5) is 43.2. The fraction of sp³-hybridized carbons (Fsp3) is 0.424. The van der Waals surface area contributed by atoms with Crippen LogP contribution in [0.4, 0.5) is 5.69 Å². The number of hydrogen-bond acceptors (Lipinski definition) is 8. The number of anilines is 1. The second-order valence-electron chi connectivity index (χ2n) is 11.2. The zero-order valence-electron chi connectivity index (χ0n) is 25.2. The lowest BCUT2D eigenvalue weighted by molar-refractivity contribution is -0.143. The van der Waals surface area contributed by atoms with E-state index in [-0.39, 0.29) is 24.8 Å². The molecule has 3 unspecified atom stereocenters. The van der Waals surface area contributed by atoms with E-state index in [0.29, 0.717) is 49.8 Å². The molecule has 5 rings (SSSR count). The predicted molar refractivity (Wildman–Crippen MR) is 165 cm³/mol. The standard InChI is InChI=1S/C33H40N4O7/c1-3-4-13-37(24-9-7-8-22(15-24)18-34)30(39)20-36-19-25(23-16-27(42-2)32-28(17-23)43-21-44-32)31(33(40)41)26(36)11-14-35-12-6-5-10-29(35)38/h5-10,12,15-17,25-26,31H,3-4,11,13-14,18-21,34H2,1-2H3,(H,40,41). The Kier molecular flexibility index (Phi) is 9.86. The van der Waals surface area contributed by atoms with Crippen molar-refractivity contribution in [2.45, 2.75) is 51.2 Å². The number of pyridine rings is 1. The van der Waals surface area contributed by atoms with Gasteiger partial charge in [0.05, 0.1) is 19.6 Å². The second kappa shape index (κ2) is 14.0. The number of methoxy groups -OCH3 is 1. The number of likely N-dealkylation sites (tertiary alicyclic amines) is 1. The van der Waals surface area contributed by atoms with Gasteiger partial charge in [-0.05, 0) is 54.3 Å². The van der Waals surface area contributed by atoms with E-state index in [9.17, 15) is 19.5 Å². The molecule has 44 heavy (non-hydrogen) atoms. The maximum Gasteiger partial charge on any atom is 0.308 e. The number of amides is 1. The van der Waals surface area contributed by atoms with Gasteiger partial charge in [0.2, 0.25) is 24.0 Å². The molecule has 3 heterocycles. The molecule has 1 fully saturated rings. The molecule has 11 nitrogen and oxygen atoms in total. The molecule has 0 bridgehead atoms. The van der Waals surface area contributed by atoms with Crippen LogP contribution in [0.1, 0.15) is 43.2 Å². The molecule has 2 aliphatic rings. The number of rotatable bonds is 13. The molecule has 1 amide bonds. The molecule has 1 aromatic heterocycles. The first kappa shape index (κ1) is 31.1. The maximum absolute atomic E-state index is 14.0. The fourth-order valence-electron chi connectivity index (χ4n) is 6.30. The Balaban J connectivity index is 1.49. The quantitative estimate of drug-likeness (QED) is 0.301. The number of unbranched alkanes of at least 4 members (excludes halogenated alkanes) is 1. The number of aryl methyl sites for hydroxylation is 1. The van der Waals surface area contributed by atoms with E-state index < -0.39 is 23.8 Å². The average Bonchev–Trinajstić information content (AvgIpc) is 3.65. The van der Waals surface area contributed by atoms with Crippen LogP contribution in [0, 0.1) is 5.92 Å². The van der Waals surface area contributed by atoms with E-state index in [4.69, 9.17) is 19.9 Å². The Bertz CT molecular complexity index is 1540. The monoisotopic (exact) mass is 604 g/mol. The summed E-state index contributed by atoms with van der Waals surface area (Å²) in [5, 5.41) is 10.6. The molecule has 1 saturated heterocycles. The van der Waals surface area contributed by atoms with Crippen molar-refractivity contribution in [3.05, 3.63) is 82.3 Å². The number of nitrogens with zero attached hydrogens (tertiary/aromatic N) is 3. The summed E-state index contributed by atoms with van der Waals surface area (Å²) in [7, 11) is 1.53. The number of hydrogen-bond donors (Lipinski definition) is 2. The smallest absolute Gasteiger partial charge is 0.308 e. The predicted octanol–water partition coefficient (Wildman–Crippen LogP) is 3.44. The van der Waals surface area contributed by atoms with E-state index in [0.717, 1.165) is 29.7 Å². The van der Waals surface area contributed by atoms with Crippen molar-refractivity contribution in [3.8, 4) is 17.2 Å². The van der Waals surface area contributed by atoms with Crippen molar-refractivity contribution in [1.29, 1.82) is 0 Å². The van der Waals surface area contributed by atoms with Crippen molar-refractivity contribution in [2.75, 3.05) is 38.4 Å². The molecule has 3 atom stereocenters. The van der Waals surface area contributed by atoms with Gasteiger partial charge in [0, 0.05) is 56.1 Å². The van der Waals surface area contributed by atoms with Gasteiger partial charge in [0.15, 0.2) is 11.5 Å². The Morgan fingerprint density at radius 1 is 1.14 bits per heavy atom. The van der Waals surface area contributed by atoms with Crippen molar-refractivity contribution < 1.29 is 28.9 Å². The fourth-order valence-corrected chi connectivity index (χ4v) is 6.30. The summed E-state index contributed by atoms with van der Waals surface area (Å²) in [5.74, 6) is -0.960. The Morgan fingerprint density at radius 2 is 1.98 bits per heavy atom. The maximum atomic E-state index is 14.0. The zero-order chi connectivity index (χ0) is 31.2. The molecule has 234 valence electrons. The zero-order valence-corrected chi connectivity index (χ0v) is 25.2. The lowest BCUT2D eigenvalue weighted by Crippen LogP contribution is -2.45. The highest BCUT2D eigenvalue weighted by atomic mass is 16.7. The molecule has 11 heteroatoms. The largest absolute Gasteiger partial charge is 0.493 e. The van der Waals surface area contributed by atoms with Crippen LogP contribution in [0.25, 0.3) is 0 Å². The SMILES string of the molecule is CCCCN(C(=O)CN1CC(c2cc(OC)c3c(c2)OCO3)C(C(=O)O)C1CCn1ccccc1=O)c1cccc(CN)c1. The number of aliphatic carboxylic acids is 1. The number of fused-ring (bicyclic) bond motifs is 1. The number of ether oxygens (including phenoxy) is 3. The van der Waals surface area contributed by atoms with Crippen LogP contribution in [0.2, 0.25) is 0 Å². The van der Waals surface area contributed by atoms with E-state index in [2.05, 4.69) is 6.92 Å². The highest BCUT2D eigenvalue weighted by Crippen LogP contribution is 2.47. The number of benzene rings is 2. The third-order valence-electron chi connectivity index (χ3n) is 8.54. The Labute approximate surface area is 256 Å². The van der Waals surface area contributed by atoms with Crippen molar-refractivity contribution in [2.24, 2.45) is 11.7 Å². The van der Waals surface area contributed by atoms with Gasteiger partial charge >= 0.3 is 5.97 Å². The van der Waals surface area contributed by atoms with E-state index in [1.165, 1.54) is 13.2 Å². The molecule has 0 aliphatic carbocycles. The Hall–Kier alpha value is -4.35. The number of nitrogens with two attached hydrogens (primary N) is 1. The first-order chi connectivity index (χ1) is 21.3. The summed E-state index contributed by atoms with van der Waals surface area (Å²) in [6.07, 6.45) is 3.79. The first-order valence-corrected chi connectivity index (χ1v) is 15.0. The van der Waals surface area contributed by atoms with Crippen molar-refractivity contribution >= 4 is 17.6 Å². The number of carboxylic acids is 1. The lowest BCUT2D eigenvalue weighted by atomic mass is 9.84. The minimum absolute atomic E-state index is 0.0207. The molecule has 0 radical (unpaired) electrons. The number of carboxylic acid groups (broad SMARTS) is 1. The summed E-state index contributed by atoms with van der Waals surface area (Å²) in [6, 6.07) is 15.7. The van der Waals surface area contributed by atoms with E-state index >= 15 is 0 Å². The topological polar surface area (TPSA) is 137 Å². The second-order valence-corrected chi connectivity index (χ2v) is 11.2. The lowest BCUT2D eigenvalue weighted by Gasteiger charge is -2.30. The van der Waals surface area contributed by atoms with Gasteiger partial charge in [-0.15, -0.1) is 0 Å². The van der Waals surface area contributed by atoms with Crippen LogP contribution in [0.3, 0.4) is 0 Å². The molecule has 0 spiro atoms. The Morgan fingerprint density at radius 3 is 2.70 bits per heavy atom. The van der Waals surface area contributed by atoms with Gasteiger partial charge < -0.3 is 34.5 Å². The van der Waals surface area contributed by atoms with Crippen molar-refractivity contribution in [3.63, 3.8) is 0 Å². The minimum Gasteiger partial charge on any atom is -0.493 e. The summed E-state index contributed by atoms with van der Waals surface area (Å²) in [5.41, 5.74) is 8.15. The molecular weight excluding hydrogens is 564 g/mol. The van der Waals surface area contributed by atoms with Gasteiger partial charge in [-0.3, -0.25) is 19.3 Å². The molecular formula is C33H40N4O7. The summed E-state index contributed by atoms with van der Waals surface area (Å²) < 4.78 is 18.3. The van der Waals surface area contributed by atoms with Gasteiger partial charge in [0.25, 0.3) is 0 Å². The molecule has 0 saturated carbocycles. The van der Waals surface area contributed by atoms with Crippen LogP contribution >= 0.6 is 0 Å². The highest BCUT2D eigenvalue weighted by molar-refractivity contribution is 5.95. The molecule has 3 aromatic rings. The van der Waals surface area contributed by atoms with Crippen LogP contribution in [0.5, 0.6) is 17.2 Å². The summed E-state index contributed by atoms with van der Waals surface area (Å²) >= 11 is 0. The van der Waals surface area contributed by atoms with Crippen LogP contribution in [-0.4, -0.2) is 66.0 Å². The van der Waals surface area contributed by atoms with E-state index in [1.807, 2.05) is 29.2 Å². The normalized spacial score (nSPS) is 19.2. The van der Waals surface area contributed by atoms with E-state index in [1.54, 1.807) is 39.9 Å². The number of carbonyl (C=O) groups excluding carboxylic acids is 1. The highest BCUT2D eigenvalue weighted by Gasteiger charge is 2.47. The van der Waals surface area contributed by atoms with Crippen molar-refractivity contribution in [1.82, 2.24) is 9.47 Å². The van der Waals surface area contributed by atoms with Gasteiger partial charge in [-0.2, -0.15) is 0 Å². The van der Waals surface area contributed by atoms with Crippen LogP contribution in [-0.2, 0) is 22.7 Å². The third-order valence-corrected chi connectivity index (χ3v) is 8.54. The first-order valence-electron chi connectivity index (χ1n) is 15.0. The van der Waals surface area contributed by atoms with Crippen LogP contribution < -0.4 is 30.4 Å². The molecule has 2 aliphatic heterocycles. The van der Waals surface area contributed by atoms with Gasteiger partial charge in [-0.25, -0.2) is 0 Å². The van der Waals surface area contributed by atoms with Gasteiger partial charge in [-0.1, -0.05) is 31.5 Å². The average molecular weight is 605 g/mol. The van der Waals surface area contributed by atoms with Crippen LogP contribution in [0.15, 0.2) is 65.6 Å². The number of aromatic nitrogens is 1. The van der Waals surface area contributed by atoms with Gasteiger partial charge in [0.1, 0.15) is 0 Å². The third kappa shape index (κ3) is 6.58. The number of carbonyl (C=O) groups is 2. The summed E-state index contributed by atoms with van der Waals surface area (Å²) in [6.45, 7) is 3.67.